The SMILES string of the molecule is Cc1cc(C(=O)N(C)CCC(F)(F)F)c2c(C)nn(C)c2n1. The molecule has 0 N–H and O–H groups in total. The molecule has 8 heteroatoms. The Labute approximate surface area is 125 Å². The van der Waals surface area contributed by atoms with Crippen molar-refractivity contribution in [3.05, 3.63) is 23.0 Å². The molecule has 0 fully saturated rings. The van der Waals surface area contributed by atoms with E-state index < -0.39 is 18.5 Å². The van der Waals surface area contributed by atoms with E-state index in [1.165, 1.54) is 7.05 Å². The zero-order chi connectivity index (χ0) is 16.7. The van der Waals surface area contributed by atoms with Crippen LogP contribution in [0.2, 0.25) is 0 Å². The smallest absolute Gasteiger partial charge is 0.341 e. The van der Waals surface area contributed by atoms with Crippen molar-refractivity contribution in [3.63, 3.8) is 0 Å². The van der Waals surface area contributed by atoms with Crippen LogP contribution in [0.25, 0.3) is 11.0 Å². The molecular formula is C14H17F3N4O. The summed E-state index contributed by atoms with van der Waals surface area (Å²) in [5, 5.41) is 4.80. The zero-order valence-electron chi connectivity index (χ0n) is 12.8. The van der Waals surface area contributed by atoms with Gasteiger partial charge in [-0.05, 0) is 19.9 Å². The predicted octanol–water partition coefficient (Wildman–Crippen LogP) is 2.61. The fraction of sp³-hybridized carbons (Fsp3) is 0.500. The number of rotatable bonds is 3. The Bertz CT molecular complexity index is 721. The molecule has 0 unspecified atom stereocenters. The lowest BCUT2D eigenvalue weighted by Gasteiger charge is -2.19. The normalized spacial score (nSPS) is 12.0. The maximum absolute atomic E-state index is 12.5. The van der Waals surface area contributed by atoms with Gasteiger partial charge in [-0.15, -0.1) is 0 Å². The monoisotopic (exact) mass is 314 g/mol. The number of hydrogen-bond acceptors (Lipinski definition) is 3. The van der Waals surface area contributed by atoms with Crippen molar-refractivity contribution in [2.45, 2.75) is 26.4 Å². The molecule has 5 nitrogen and oxygen atoms in total. The number of aryl methyl sites for hydroxylation is 3. The Morgan fingerprint density at radius 2 is 2.00 bits per heavy atom. The summed E-state index contributed by atoms with van der Waals surface area (Å²) >= 11 is 0. The first-order valence-corrected chi connectivity index (χ1v) is 6.73. The molecule has 0 radical (unpaired) electrons. The highest BCUT2D eigenvalue weighted by molar-refractivity contribution is 6.06. The maximum Gasteiger partial charge on any atom is 0.390 e. The minimum atomic E-state index is -4.29. The molecule has 2 aromatic heterocycles. The number of pyridine rings is 1. The van der Waals surface area contributed by atoms with Gasteiger partial charge in [0.05, 0.1) is 23.1 Å². The molecule has 0 aliphatic carbocycles. The van der Waals surface area contributed by atoms with Gasteiger partial charge in [-0.25, -0.2) is 4.98 Å². The first-order valence-electron chi connectivity index (χ1n) is 6.73. The summed E-state index contributed by atoms with van der Waals surface area (Å²) in [7, 11) is 3.07. The molecule has 22 heavy (non-hydrogen) atoms. The van der Waals surface area contributed by atoms with Gasteiger partial charge >= 0.3 is 6.18 Å². The molecule has 0 bridgehead atoms. The van der Waals surface area contributed by atoms with Crippen molar-refractivity contribution in [1.82, 2.24) is 19.7 Å². The highest BCUT2D eigenvalue weighted by Gasteiger charge is 2.29. The van der Waals surface area contributed by atoms with Crippen LogP contribution in [0.15, 0.2) is 6.07 Å². The summed E-state index contributed by atoms with van der Waals surface area (Å²) in [4.78, 5) is 17.9. The molecule has 2 rings (SSSR count). The Hall–Kier alpha value is -2.12. The molecule has 2 heterocycles. The van der Waals surface area contributed by atoms with Gasteiger partial charge in [-0.2, -0.15) is 18.3 Å². The van der Waals surface area contributed by atoms with Crippen molar-refractivity contribution in [3.8, 4) is 0 Å². The lowest BCUT2D eigenvalue weighted by Crippen LogP contribution is -2.30. The van der Waals surface area contributed by atoms with E-state index in [0.29, 0.717) is 28.0 Å². The van der Waals surface area contributed by atoms with Crippen LogP contribution >= 0.6 is 0 Å². The van der Waals surface area contributed by atoms with E-state index in [9.17, 15) is 18.0 Å². The average molecular weight is 314 g/mol. The van der Waals surface area contributed by atoms with E-state index in [4.69, 9.17) is 0 Å². The maximum atomic E-state index is 12.5. The summed E-state index contributed by atoms with van der Waals surface area (Å²) in [5.74, 6) is -0.462. The summed E-state index contributed by atoms with van der Waals surface area (Å²) in [6.45, 7) is 3.09. The number of carbonyl (C=O) groups is 1. The second-order valence-electron chi connectivity index (χ2n) is 5.31. The van der Waals surface area contributed by atoms with Gasteiger partial charge in [0.2, 0.25) is 0 Å². The predicted molar refractivity (Wildman–Crippen MR) is 75.6 cm³/mol. The number of amides is 1. The van der Waals surface area contributed by atoms with Gasteiger partial charge in [-0.1, -0.05) is 0 Å². The first kappa shape index (κ1) is 16.3. The number of aromatic nitrogens is 3. The van der Waals surface area contributed by atoms with Gasteiger partial charge < -0.3 is 4.90 Å². The van der Waals surface area contributed by atoms with E-state index in [1.807, 2.05) is 0 Å². The van der Waals surface area contributed by atoms with Gasteiger partial charge in [0.1, 0.15) is 0 Å². The van der Waals surface area contributed by atoms with Crippen molar-refractivity contribution in [2.75, 3.05) is 13.6 Å². The third kappa shape index (κ3) is 3.20. The number of fused-ring (bicyclic) bond motifs is 1. The van der Waals surface area contributed by atoms with E-state index in [1.54, 1.807) is 31.6 Å². The fourth-order valence-electron chi connectivity index (χ4n) is 2.34. The molecule has 0 atom stereocenters. The van der Waals surface area contributed by atoms with Crippen molar-refractivity contribution >= 4 is 16.9 Å². The van der Waals surface area contributed by atoms with Crippen LogP contribution in [0, 0.1) is 13.8 Å². The molecular weight excluding hydrogens is 297 g/mol. The Morgan fingerprint density at radius 1 is 1.36 bits per heavy atom. The number of halogens is 3. The second kappa shape index (κ2) is 5.58. The zero-order valence-corrected chi connectivity index (χ0v) is 12.8. The van der Waals surface area contributed by atoms with E-state index in [-0.39, 0.29) is 6.54 Å². The number of hydrogen-bond donors (Lipinski definition) is 0. The van der Waals surface area contributed by atoms with Crippen LogP contribution in [-0.2, 0) is 7.05 Å². The molecule has 0 aliphatic heterocycles. The van der Waals surface area contributed by atoms with Crippen molar-refractivity contribution < 1.29 is 18.0 Å². The van der Waals surface area contributed by atoms with E-state index in [2.05, 4.69) is 10.1 Å². The Balaban J connectivity index is 2.39. The Kier molecular flexibility index (Phi) is 4.12. The third-order valence-electron chi connectivity index (χ3n) is 3.40. The highest BCUT2D eigenvalue weighted by Crippen LogP contribution is 2.24. The standard InChI is InChI=1S/C14H17F3N4O/c1-8-7-10(11-9(2)19-21(4)12(11)18-8)13(22)20(3)6-5-14(15,16)17/h7H,5-6H2,1-4H3. The average Bonchev–Trinajstić information content (AvgIpc) is 2.68. The van der Waals surface area contributed by atoms with Crippen LogP contribution in [0.5, 0.6) is 0 Å². The third-order valence-corrected chi connectivity index (χ3v) is 3.40. The van der Waals surface area contributed by atoms with Gasteiger partial charge in [-0.3, -0.25) is 9.48 Å². The number of carbonyl (C=O) groups excluding carboxylic acids is 1. The molecule has 0 saturated carbocycles. The Morgan fingerprint density at radius 3 is 2.59 bits per heavy atom. The molecule has 0 aliphatic rings. The largest absolute Gasteiger partial charge is 0.390 e. The quantitative estimate of drug-likeness (QED) is 0.875. The minimum absolute atomic E-state index is 0.331. The summed E-state index contributed by atoms with van der Waals surface area (Å²) in [6.07, 6.45) is -5.32. The van der Waals surface area contributed by atoms with Crippen molar-refractivity contribution in [2.24, 2.45) is 7.05 Å². The topological polar surface area (TPSA) is 51.0 Å². The summed E-state index contributed by atoms with van der Waals surface area (Å²) < 4.78 is 38.5. The number of nitrogens with zero attached hydrogens (tertiary/aromatic N) is 4. The van der Waals surface area contributed by atoms with Crippen LogP contribution in [0.1, 0.15) is 28.2 Å². The number of alkyl halides is 3. The van der Waals surface area contributed by atoms with Crippen LogP contribution in [-0.4, -0.2) is 45.3 Å². The molecule has 2 aromatic rings. The first-order chi connectivity index (χ1) is 10.1. The summed E-state index contributed by atoms with van der Waals surface area (Å²) in [5.41, 5.74) is 2.11. The molecule has 0 spiro atoms. The van der Waals surface area contributed by atoms with E-state index >= 15 is 0 Å². The molecule has 0 saturated heterocycles. The van der Waals surface area contributed by atoms with Crippen LogP contribution < -0.4 is 0 Å². The van der Waals surface area contributed by atoms with Crippen molar-refractivity contribution in [1.29, 1.82) is 0 Å². The van der Waals surface area contributed by atoms with Crippen LogP contribution in [0.3, 0.4) is 0 Å². The van der Waals surface area contributed by atoms with Gasteiger partial charge in [0.25, 0.3) is 5.91 Å². The second-order valence-corrected chi connectivity index (χ2v) is 5.31. The molecule has 120 valence electrons. The van der Waals surface area contributed by atoms with Gasteiger partial charge in [0, 0.05) is 26.3 Å². The van der Waals surface area contributed by atoms with Crippen LogP contribution in [0.4, 0.5) is 13.2 Å². The summed E-state index contributed by atoms with van der Waals surface area (Å²) in [6, 6.07) is 1.59. The lowest BCUT2D eigenvalue weighted by molar-refractivity contribution is -0.136. The lowest BCUT2D eigenvalue weighted by atomic mass is 10.1. The fourth-order valence-corrected chi connectivity index (χ4v) is 2.34. The van der Waals surface area contributed by atoms with E-state index in [0.717, 1.165) is 4.90 Å². The molecule has 0 aromatic carbocycles. The van der Waals surface area contributed by atoms with Gasteiger partial charge in [0.15, 0.2) is 5.65 Å². The highest BCUT2D eigenvalue weighted by atomic mass is 19.4. The minimum Gasteiger partial charge on any atom is -0.341 e. The molecule has 1 amide bonds.